The van der Waals surface area contributed by atoms with Crippen LogP contribution in [0.1, 0.15) is 59.7 Å². The molecule has 2 amide bonds. The lowest BCUT2D eigenvalue weighted by Gasteiger charge is -2.36. The van der Waals surface area contributed by atoms with Crippen LogP contribution < -0.4 is 11.5 Å². The highest BCUT2D eigenvalue weighted by molar-refractivity contribution is 7.12. The fourth-order valence-corrected chi connectivity index (χ4v) is 6.54. The van der Waals surface area contributed by atoms with E-state index in [-0.39, 0.29) is 21.4 Å². The Labute approximate surface area is 256 Å². The molecule has 0 aliphatic rings. The highest BCUT2D eigenvalue weighted by Gasteiger charge is 2.52. The number of alkyl halides is 3. The molecule has 0 unspecified atom stereocenters. The van der Waals surface area contributed by atoms with Crippen molar-refractivity contribution in [2.45, 2.75) is 69.1 Å². The van der Waals surface area contributed by atoms with Crippen molar-refractivity contribution in [2.24, 2.45) is 11.5 Å². The van der Waals surface area contributed by atoms with Gasteiger partial charge in [-0.1, -0.05) is 81.4 Å². The zero-order valence-electron chi connectivity index (χ0n) is 25.2. The molecule has 0 aliphatic heterocycles. The highest BCUT2D eigenvalue weighted by atomic mass is 32.1. The van der Waals surface area contributed by atoms with Gasteiger partial charge in [0.2, 0.25) is 0 Å². The van der Waals surface area contributed by atoms with E-state index in [0.29, 0.717) is 16.0 Å². The molecular weight excluding hydrogens is 596 g/mol. The van der Waals surface area contributed by atoms with Crippen LogP contribution in [0.5, 0.6) is 0 Å². The average Bonchev–Trinajstić information content (AvgIpc) is 3.43. The van der Waals surface area contributed by atoms with E-state index in [2.05, 4.69) is 33.9 Å². The SMILES string of the molecule is COC(=O)N(C(=O)[C@@H](N)C(c1ccccc1)c1ccccc1)[C@H](c1ccc([C@H](N)CO[Si](C)(C)C(C)(C)C)s1)C(F)(F)F. The Bertz CT molecular complexity index is 1320. The molecule has 0 radical (unpaired) electrons. The predicted octanol–water partition coefficient (Wildman–Crippen LogP) is 7.13. The number of methoxy groups -OCH3 is 1. The van der Waals surface area contributed by atoms with Gasteiger partial charge in [-0.15, -0.1) is 11.3 Å². The van der Waals surface area contributed by atoms with Crippen molar-refractivity contribution < 1.29 is 31.9 Å². The number of nitrogens with two attached hydrogens (primary N) is 2. The summed E-state index contributed by atoms with van der Waals surface area (Å²) in [5, 5.41) is -0.0772. The van der Waals surface area contributed by atoms with Crippen molar-refractivity contribution in [1.82, 2.24) is 4.90 Å². The molecular formula is C31H40F3N3O4SSi. The third-order valence-corrected chi connectivity index (χ3v) is 13.6. The maximum atomic E-state index is 14.8. The van der Waals surface area contributed by atoms with Gasteiger partial charge in [-0.05, 0) is 41.4 Å². The summed E-state index contributed by atoms with van der Waals surface area (Å²) in [7, 11) is -1.24. The molecule has 0 saturated carbocycles. The molecule has 3 aromatic rings. The van der Waals surface area contributed by atoms with E-state index in [1.165, 1.54) is 12.1 Å². The van der Waals surface area contributed by atoms with Crippen molar-refractivity contribution in [2.75, 3.05) is 13.7 Å². The Hall–Kier alpha value is -3.03. The van der Waals surface area contributed by atoms with E-state index in [1.54, 1.807) is 60.7 Å². The molecule has 3 rings (SSSR count). The first-order valence-electron chi connectivity index (χ1n) is 13.8. The fourth-order valence-electron chi connectivity index (χ4n) is 4.40. The monoisotopic (exact) mass is 635 g/mol. The van der Waals surface area contributed by atoms with E-state index in [1.807, 2.05) is 0 Å². The summed E-state index contributed by atoms with van der Waals surface area (Å²) in [6.45, 7) is 10.5. The fraction of sp³-hybridized carbons (Fsp3) is 0.419. The van der Waals surface area contributed by atoms with Gasteiger partial charge in [0.05, 0.1) is 25.8 Å². The van der Waals surface area contributed by atoms with Crippen LogP contribution in [0, 0.1) is 0 Å². The first-order valence-corrected chi connectivity index (χ1v) is 17.5. The molecule has 0 aliphatic carbocycles. The standard InChI is InChI=1S/C31H40F3N3O4SSi/c1-30(2,3)43(5,6)41-19-22(35)23-17-18-24(42-23)27(31(32,33)34)37(29(39)40-4)28(38)26(36)25(20-13-9-7-10-14-20)21-15-11-8-12-16-21/h7-18,22,25-27H,19,35-36H2,1-6H3/t22-,26+,27-/m1/s1. The Morgan fingerprint density at radius 1 is 0.884 bits per heavy atom. The molecule has 0 spiro atoms. The number of thiophene rings is 1. The largest absolute Gasteiger partial charge is 0.452 e. The van der Waals surface area contributed by atoms with Crippen LogP contribution in [0.3, 0.4) is 0 Å². The van der Waals surface area contributed by atoms with Gasteiger partial charge in [0.15, 0.2) is 14.4 Å². The minimum Gasteiger partial charge on any atom is -0.452 e. The van der Waals surface area contributed by atoms with E-state index in [0.717, 1.165) is 18.4 Å². The number of hydrogen-bond donors (Lipinski definition) is 2. The molecule has 234 valence electrons. The Kier molecular flexibility index (Phi) is 11.0. The molecule has 7 nitrogen and oxygen atoms in total. The van der Waals surface area contributed by atoms with Gasteiger partial charge in [-0.25, -0.2) is 9.69 Å². The number of ether oxygens (including phenoxy) is 1. The Morgan fingerprint density at radius 2 is 1.37 bits per heavy atom. The first kappa shape index (κ1) is 34.5. The molecule has 0 bridgehead atoms. The van der Waals surface area contributed by atoms with Gasteiger partial charge >= 0.3 is 12.3 Å². The van der Waals surface area contributed by atoms with Crippen molar-refractivity contribution in [1.29, 1.82) is 0 Å². The lowest BCUT2D eigenvalue weighted by Crippen LogP contribution is -2.53. The number of nitrogens with zero attached hydrogens (tertiary/aromatic N) is 1. The van der Waals surface area contributed by atoms with Crippen LogP contribution in [0.2, 0.25) is 18.1 Å². The van der Waals surface area contributed by atoms with Crippen molar-refractivity contribution in [3.05, 3.63) is 93.7 Å². The van der Waals surface area contributed by atoms with Gasteiger partial charge in [0, 0.05) is 15.7 Å². The molecule has 0 saturated heterocycles. The van der Waals surface area contributed by atoms with Crippen LogP contribution in [0.4, 0.5) is 18.0 Å². The van der Waals surface area contributed by atoms with Crippen LogP contribution in [0.25, 0.3) is 0 Å². The number of amides is 2. The van der Waals surface area contributed by atoms with Crippen LogP contribution in [-0.2, 0) is 14.0 Å². The summed E-state index contributed by atoms with van der Waals surface area (Å²) in [5.74, 6) is -2.07. The lowest BCUT2D eigenvalue weighted by molar-refractivity contribution is -0.186. The van der Waals surface area contributed by atoms with Gasteiger partial charge < -0.3 is 20.6 Å². The van der Waals surface area contributed by atoms with Crippen LogP contribution >= 0.6 is 11.3 Å². The second-order valence-electron chi connectivity index (χ2n) is 11.9. The summed E-state index contributed by atoms with van der Waals surface area (Å²) in [6, 6.07) is 15.2. The third-order valence-electron chi connectivity index (χ3n) is 7.85. The minimum atomic E-state index is -5.04. The number of carbonyl (C=O) groups excluding carboxylic acids is 2. The Morgan fingerprint density at radius 3 is 1.81 bits per heavy atom. The number of hydrogen-bond acceptors (Lipinski definition) is 7. The molecule has 12 heteroatoms. The maximum absolute atomic E-state index is 14.8. The van der Waals surface area contributed by atoms with Crippen LogP contribution in [0.15, 0.2) is 72.8 Å². The van der Waals surface area contributed by atoms with Crippen molar-refractivity contribution in [3.8, 4) is 0 Å². The van der Waals surface area contributed by atoms with E-state index >= 15 is 0 Å². The topological polar surface area (TPSA) is 108 Å². The van der Waals surface area contributed by atoms with Crippen molar-refractivity contribution >= 4 is 31.7 Å². The summed E-state index contributed by atoms with van der Waals surface area (Å²) in [6.07, 6.45) is -6.51. The molecule has 0 fully saturated rings. The second-order valence-corrected chi connectivity index (χ2v) is 17.8. The number of rotatable bonds is 10. The Balaban J connectivity index is 2.00. The molecule has 43 heavy (non-hydrogen) atoms. The summed E-state index contributed by atoms with van der Waals surface area (Å²) < 4.78 is 55.2. The summed E-state index contributed by atoms with van der Waals surface area (Å²) in [5.41, 5.74) is 14.0. The van der Waals surface area contributed by atoms with Gasteiger partial charge in [-0.2, -0.15) is 13.2 Å². The number of benzene rings is 2. The number of halogens is 3. The van der Waals surface area contributed by atoms with E-state index in [4.69, 9.17) is 20.6 Å². The van der Waals surface area contributed by atoms with Gasteiger partial charge in [-0.3, -0.25) is 4.79 Å². The smallest absolute Gasteiger partial charge is 0.417 e. The zero-order chi connectivity index (χ0) is 32.2. The molecule has 1 heterocycles. The normalized spacial score (nSPS) is 14.7. The minimum absolute atomic E-state index is 0.0772. The van der Waals surface area contributed by atoms with Crippen molar-refractivity contribution in [3.63, 3.8) is 0 Å². The number of imide groups is 1. The second kappa shape index (κ2) is 13.7. The predicted molar refractivity (Wildman–Crippen MR) is 165 cm³/mol. The highest BCUT2D eigenvalue weighted by Crippen LogP contribution is 2.43. The van der Waals surface area contributed by atoms with E-state index in [9.17, 15) is 22.8 Å². The van der Waals surface area contributed by atoms with Gasteiger partial charge in [0.25, 0.3) is 5.91 Å². The quantitative estimate of drug-likeness (QED) is 0.230. The molecule has 1 aromatic heterocycles. The maximum Gasteiger partial charge on any atom is 0.417 e. The molecule has 2 aromatic carbocycles. The van der Waals surface area contributed by atoms with Gasteiger partial charge in [0.1, 0.15) is 0 Å². The zero-order valence-corrected chi connectivity index (χ0v) is 27.0. The first-order chi connectivity index (χ1) is 20.0. The summed E-state index contributed by atoms with van der Waals surface area (Å²) >= 11 is 0.768. The van der Waals surface area contributed by atoms with Crippen LogP contribution in [-0.4, -0.2) is 51.2 Å². The average molecular weight is 636 g/mol. The molecule has 4 N–H and O–H groups in total. The lowest BCUT2D eigenvalue weighted by atomic mass is 9.84. The third kappa shape index (κ3) is 8.12. The van der Waals surface area contributed by atoms with E-state index < -0.39 is 50.5 Å². The summed E-state index contributed by atoms with van der Waals surface area (Å²) in [4.78, 5) is 27.1. The number of carbonyl (C=O) groups is 2. The molecule has 3 atom stereocenters.